The third kappa shape index (κ3) is 4.63. The van der Waals surface area contributed by atoms with Gasteiger partial charge in [-0.15, -0.1) is 0 Å². The molecule has 100 valence electrons. The predicted molar refractivity (Wildman–Crippen MR) is 71.0 cm³/mol. The SMILES string of the molecule is COc1ccc(NC(=O)CNC(C)(C)C)cc1O. The maximum atomic E-state index is 11.6. The standard InChI is InChI=1S/C13H20N2O3/c1-13(2,3)14-8-12(17)15-9-5-6-11(18-4)10(16)7-9/h5-7,14,16H,8H2,1-4H3,(H,15,17). The second-order valence-corrected chi connectivity index (χ2v) is 5.04. The summed E-state index contributed by atoms with van der Waals surface area (Å²) < 4.78 is 4.92. The van der Waals surface area contributed by atoms with E-state index in [2.05, 4.69) is 10.6 Å². The van der Waals surface area contributed by atoms with E-state index in [1.54, 1.807) is 12.1 Å². The first-order valence-corrected chi connectivity index (χ1v) is 5.74. The Bertz CT molecular complexity index is 425. The van der Waals surface area contributed by atoms with Crippen LogP contribution in [0.4, 0.5) is 5.69 Å². The van der Waals surface area contributed by atoms with Crippen LogP contribution in [0.2, 0.25) is 0 Å². The van der Waals surface area contributed by atoms with E-state index in [0.717, 1.165) is 0 Å². The molecule has 1 rings (SSSR count). The number of hydrogen-bond acceptors (Lipinski definition) is 4. The fraction of sp³-hybridized carbons (Fsp3) is 0.462. The Morgan fingerprint density at radius 2 is 2.06 bits per heavy atom. The average molecular weight is 252 g/mol. The number of hydrogen-bond donors (Lipinski definition) is 3. The number of rotatable bonds is 4. The third-order valence-electron chi connectivity index (χ3n) is 2.24. The minimum Gasteiger partial charge on any atom is -0.504 e. The van der Waals surface area contributed by atoms with Crippen LogP contribution in [0.15, 0.2) is 18.2 Å². The molecule has 0 aliphatic heterocycles. The van der Waals surface area contributed by atoms with Crippen molar-refractivity contribution in [2.24, 2.45) is 0 Å². The van der Waals surface area contributed by atoms with Gasteiger partial charge in [0.15, 0.2) is 11.5 Å². The number of carbonyl (C=O) groups is 1. The van der Waals surface area contributed by atoms with Crippen molar-refractivity contribution in [2.45, 2.75) is 26.3 Å². The van der Waals surface area contributed by atoms with Crippen LogP contribution in [0.5, 0.6) is 11.5 Å². The first-order chi connectivity index (χ1) is 8.31. The number of methoxy groups -OCH3 is 1. The highest BCUT2D eigenvalue weighted by Crippen LogP contribution is 2.28. The van der Waals surface area contributed by atoms with Gasteiger partial charge >= 0.3 is 0 Å². The molecule has 1 aromatic carbocycles. The first kappa shape index (κ1) is 14.3. The first-order valence-electron chi connectivity index (χ1n) is 5.74. The van der Waals surface area contributed by atoms with Crippen molar-refractivity contribution in [1.29, 1.82) is 0 Å². The Labute approximate surface area is 107 Å². The maximum Gasteiger partial charge on any atom is 0.238 e. The van der Waals surface area contributed by atoms with Crippen molar-refractivity contribution in [3.8, 4) is 11.5 Å². The molecule has 0 aliphatic carbocycles. The Balaban J connectivity index is 2.57. The molecule has 0 saturated heterocycles. The van der Waals surface area contributed by atoms with Crippen LogP contribution in [0.3, 0.4) is 0 Å². The second kappa shape index (κ2) is 5.73. The fourth-order valence-electron chi connectivity index (χ4n) is 1.32. The van der Waals surface area contributed by atoms with Crippen LogP contribution < -0.4 is 15.4 Å². The van der Waals surface area contributed by atoms with E-state index in [9.17, 15) is 9.90 Å². The minimum absolute atomic E-state index is 0.000851. The van der Waals surface area contributed by atoms with Crippen molar-refractivity contribution in [1.82, 2.24) is 5.32 Å². The van der Waals surface area contributed by atoms with Gasteiger partial charge in [-0.3, -0.25) is 4.79 Å². The molecule has 3 N–H and O–H groups in total. The van der Waals surface area contributed by atoms with Gasteiger partial charge in [0.2, 0.25) is 5.91 Å². The molecule has 0 saturated carbocycles. The summed E-state index contributed by atoms with van der Waals surface area (Å²) in [7, 11) is 1.47. The number of ether oxygens (including phenoxy) is 1. The largest absolute Gasteiger partial charge is 0.504 e. The van der Waals surface area contributed by atoms with E-state index in [0.29, 0.717) is 11.4 Å². The third-order valence-corrected chi connectivity index (χ3v) is 2.24. The molecular formula is C13H20N2O3. The summed E-state index contributed by atoms with van der Waals surface area (Å²) in [6.45, 7) is 6.18. The summed E-state index contributed by atoms with van der Waals surface area (Å²) >= 11 is 0. The van der Waals surface area contributed by atoms with E-state index in [1.165, 1.54) is 13.2 Å². The minimum atomic E-state index is -0.158. The highest BCUT2D eigenvalue weighted by atomic mass is 16.5. The normalized spacial score (nSPS) is 11.1. The van der Waals surface area contributed by atoms with Gasteiger partial charge in [0.05, 0.1) is 13.7 Å². The van der Waals surface area contributed by atoms with Gasteiger partial charge in [-0.05, 0) is 32.9 Å². The topological polar surface area (TPSA) is 70.6 Å². The average Bonchev–Trinajstić information content (AvgIpc) is 2.26. The molecule has 0 fully saturated rings. The molecule has 0 aromatic heterocycles. The van der Waals surface area contributed by atoms with E-state index < -0.39 is 0 Å². The van der Waals surface area contributed by atoms with Crippen LogP contribution in [0, 0.1) is 0 Å². The summed E-state index contributed by atoms with van der Waals surface area (Å²) in [5.41, 5.74) is 0.424. The zero-order chi connectivity index (χ0) is 13.8. The molecule has 1 aromatic rings. The van der Waals surface area contributed by atoms with E-state index in [-0.39, 0.29) is 23.7 Å². The van der Waals surface area contributed by atoms with Crippen LogP contribution in [0.1, 0.15) is 20.8 Å². The number of anilines is 1. The summed E-state index contributed by atoms with van der Waals surface area (Å²) in [6.07, 6.45) is 0. The quantitative estimate of drug-likeness (QED) is 0.763. The van der Waals surface area contributed by atoms with Crippen molar-refractivity contribution in [3.05, 3.63) is 18.2 Å². The van der Waals surface area contributed by atoms with Gasteiger partial charge < -0.3 is 20.5 Å². The highest BCUT2D eigenvalue weighted by molar-refractivity contribution is 5.92. The lowest BCUT2D eigenvalue weighted by atomic mass is 10.1. The zero-order valence-corrected chi connectivity index (χ0v) is 11.2. The Morgan fingerprint density at radius 1 is 1.39 bits per heavy atom. The summed E-state index contributed by atoms with van der Waals surface area (Å²) in [5.74, 6) is 0.217. The zero-order valence-electron chi connectivity index (χ0n) is 11.2. The lowest BCUT2D eigenvalue weighted by Crippen LogP contribution is -2.41. The van der Waals surface area contributed by atoms with Crippen LogP contribution in [0.25, 0.3) is 0 Å². The number of phenols is 1. The lowest BCUT2D eigenvalue weighted by molar-refractivity contribution is -0.115. The fourth-order valence-corrected chi connectivity index (χ4v) is 1.32. The molecule has 5 heteroatoms. The molecule has 0 radical (unpaired) electrons. The van der Waals surface area contributed by atoms with E-state index >= 15 is 0 Å². The van der Waals surface area contributed by atoms with Gasteiger partial charge in [-0.25, -0.2) is 0 Å². The lowest BCUT2D eigenvalue weighted by Gasteiger charge is -2.20. The van der Waals surface area contributed by atoms with E-state index in [4.69, 9.17) is 4.74 Å². The van der Waals surface area contributed by atoms with Crippen LogP contribution in [-0.2, 0) is 4.79 Å². The molecule has 5 nitrogen and oxygen atoms in total. The number of amides is 1. The second-order valence-electron chi connectivity index (χ2n) is 5.04. The molecule has 0 unspecified atom stereocenters. The monoisotopic (exact) mass is 252 g/mol. The molecule has 18 heavy (non-hydrogen) atoms. The van der Waals surface area contributed by atoms with Gasteiger partial charge in [0.25, 0.3) is 0 Å². The summed E-state index contributed by atoms with van der Waals surface area (Å²) in [6, 6.07) is 4.73. The molecule has 1 amide bonds. The molecular weight excluding hydrogens is 232 g/mol. The van der Waals surface area contributed by atoms with Gasteiger partial charge in [0.1, 0.15) is 0 Å². The van der Waals surface area contributed by atoms with Crippen molar-refractivity contribution >= 4 is 11.6 Å². The maximum absolute atomic E-state index is 11.6. The molecule has 0 aliphatic rings. The molecule has 0 atom stereocenters. The summed E-state index contributed by atoms with van der Waals surface area (Å²) in [5, 5.41) is 15.3. The Kier molecular flexibility index (Phi) is 4.55. The van der Waals surface area contributed by atoms with Crippen molar-refractivity contribution in [3.63, 3.8) is 0 Å². The Hall–Kier alpha value is -1.75. The van der Waals surface area contributed by atoms with Crippen LogP contribution in [-0.4, -0.2) is 30.2 Å². The smallest absolute Gasteiger partial charge is 0.238 e. The number of benzene rings is 1. The highest BCUT2D eigenvalue weighted by Gasteiger charge is 2.11. The van der Waals surface area contributed by atoms with Crippen LogP contribution >= 0.6 is 0 Å². The van der Waals surface area contributed by atoms with Gasteiger partial charge in [0, 0.05) is 17.3 Å². The van der Waals surface area contributed by atoms with Crippen molar-refractivity contribution < 1.29 is 14.6 Å². The predicted octanol–water partition coefficient (Wildman–Crippen LogP) is 1.73. The number of phenolic OH excluding ortho intramolecular Hbond substituents is 1. The van der Waals surface area contributed by atoms with Gasteiger partial charge in [-0.2, -0.15) is 0 Å². The number of aromatic hydroxyl groups is 1. The molecule has 0 heterocycles. The summed E-state index contributed by atoms with van der Waals surface area (Å²) in [4.78, 5) is 11.6. The Morgan fingerprint density at radius 3 is 2.56 bits per heavy atom. The van der Waals surface area contributed by atoms with E-state index in [1.807, 2.05) is 20.8 Å². The van der Waals surface area contributed by atoms with Crippen molar-refractivity contribution in [2.75, 3.05) is 19.0 Å². The number of carbonyl (C=O) groups excluding carboxylic acids is 1. The van der Waals surface area contributed by atoms with Gasteiger partial charge in [-0.1, -0.05) is 0 Å². The molecule has 0 bridgehead atoms. The molecule has 0 spiro atoms. The number of nitrogens with one attached hydrogen (secondary N) is 2.